The van der Waals surface area contributed by atoms with Crippen molar-refractivity contribution in [3.63, 3.8) is 0 Å². The van der Waals surface area contributed by atoms with Crippen molar-refractivity contribution >= 4 is 57.1 Å². The number of aliphatic hydroxyl groups is 2. The molecule has 8 aromatic rings. The monoisotopic (exact) mass is 881 g/mol. The molecule has 9 rings (SSSR count). The number of carbonyl (C=O) groups is 2. The van der Waals surface area contributed by atoms with E-state index in [2.05, 4.69) is 54.4 Å². The number of pyridine rings is 6. The quantitative estimate of drug-likeness (QED) is 0.0911. The second kappa shape index (κ2) is 23.9. The molecule has 342 valence electrons. The molecule has 0 bridgehead atoms. The van der Waals surface area contributed by atoms with E-state index in [1.807, 2.05) is 99.1 Å². The minimum absolute atomic E-state index is 0.164. The summed E-state index contributed by atoms with van der Waals surface area (Å²) in [5, 5.41) is 27.6. The first-order valence-corrected chi connectivity index (χ1v) is 22.8. The second-order valence-corrected chi connectivity index (χ2v) is 15.8. The summed E-state index contributed by atoms with van der Waals surface area (Å²) in [7, 11) is 0. The summed E-state index contributed by atoms with van der Waals surface area (Å²) in [5.74, 6) is 0.819. The Morgan fingerprint density at radius 3 is 1.46 bits per heavy atom. The number of carbonyl (C=O) groups excluding carboxylic acids is 2. The number of amides is 2. The zero-order chi connectivity index (χ0) is 47.0. The summed E-state index contributed by atoms with van der Waals surface area (Å²) in [6.45, 7) is 17.8. The number of aryl methyl sites for hydroxylation is 2. The van der Waals surface area contributed by atoms with Gasteiger partial charge in [0.2, 0.25) is 12.3 Å². The molecule has 1 fully saturated rings. The Morgan fingerprint density at radius 1 is 0.646 bits per heavy atom. The number of nitrogens with zero attached hydrogens (tertiary/aromatic N) is 8. The summed E-state index contributed by atoms with van der Waals surface area (Å²) in [6.07, 6.45) is 22.8. The molecule has 0 spiro atoms. The van der Waals surface area contributed by atoms with Crippen molar-refractivity contribution in [1.29, 1.82) is 0 Å². The van der Waals surface area contributed by atoms with Gasteiger partial charge in [-0.25, -0.2) is 19.9 Å². The maximum atomic E-state index is 11.4. The highest BCUT2D eigenvalue weighted by Gasteiger charge is 2.18. The third kappa shape index (κ3) is 12.3. The molecule has 4 N–H and O–H groups in total. The van der Waals surface area contributed by atoms with E-state index in [4.69, 9.17) is 0 Å². The van der Waals surface area contributed by atoms with Gasteiger partial charge in [-0.3, -0.25) is 28.4 Å². The van der Waals surface area contributed by atoms with Crippen LogP contribution in [0.5, 0.6) is 0 Å². The van der Waals surface area contributed by atoms with Gasteiger partial charge in [-0.2, -0.15) is 0 Å². The average Bonchev–Trinajstić information content (AvgIpc) is 3.94. The summed E-state index contributed by atoms with van der Waals surface area (Å²) in [4.78, 5) is 48.8. The summed E-state index contributed by atoms with van der Waals surface area (Å²) >= 11 is 0. The van der Waals surface area contributed by atoms with Gasteiger partial charge in [0.25, 0.3) is 0 Å². The van der Waals surface area contributed by atoms with Gasteiger partial charge in [0.1, 0.15) is 22.9 Å². The number of nitrogens with one attached hydrogen (secondary N) is 2. The lowest BCUT2D eigenvalue weighted by molar-refractivity contribution is -0.114. The van der Waals surface area contributed by atoms with Gasteiger partial charge >= 0.3 is 0 Å². The molecule has 0 saturated heterocycles. The Labute approximate surface area is 381 Å². The van der Waals surface area contributed by atoms with Crippen LogP contribution in [-0.4, -0.2) is 61.2 Å². The van der Waals surface area contributed by atoms with Gasteiger partial charge in [0, 0.05) is 102 Å². The third-order valence-corrected chi connectivity index (χ3v) is 10.2. The highest BCUT2D eigenvalue weighted by molar-refractivity contribution is 5.95. The smallest absolute Gasteiger partial charge is 0.222 e. The van der Waals surface area contributed by atoms with E-state index in [0.29, 0.717) is 42.3 Å². The molecule has 2 amide bonds. The van der Waals surface area contributed by atoms with Crippen molar-refractivity contribution in [2.75, 3.05) is 10.6 Å². The molecular formula is C51H64N10O4. The van der Waals surface area contributed by atoms with Gasteiger partial charge < -0.3 is 20.8 Å². The van der Waals surface area contributed by atoms with Crippen LogP contribution in [0.2, 0.25) is 0 Å². The van der Waals surface area contributed by atoms with E-state index in [1.54, 1.807) is 37.2 Å². The van der Waals surface area contributed by atoms with Crippen molar-refractivity contribution in [3.8, 4) is 22.3 Å². The number of anilines is 2. The average molecular weight is 881 g/mol. The predicted molar refractivity (Wildman–Crippen MR) is 262 cm³/mol. The normalized spacial score (nSPS) is 12.4. The molecule has 8 aromatic heterocycles. The maximum absolute atomic E-state index is 11.4. The maximum Gasteiger partial charge on any atom is 0.222 e. The first-order chi connectivity index (χ1) is 31.5. The Morgan fingerprint density at radius 2 is 1.08 bits per heavy atom. The lowest BCUT2D eigenvalue weighted by Crippen LogP contribution is -2.07. The number of fused-ring (bicyclic) bond motifs is 6. The predicted octanol–water partition coefficient (Wildman–Crippen LogP) is 11.3. The summed E-state index contributed by atoms with van der Waals surface area (Å²) < 4.78 is 3.96. The van der Waals surface area contributed by atoms with Crippen LogP contribution in [0.25, 0.3) is 55.4 Å². The van der Waals surface area contributed by atoms with E-state index < -0.39 is 12.2 Å². The molecule has 8 heterocycles. The molecule has 14 heteroatoms. The number of imidazole rings is 2. The molecule has 65 heavy (non-hydrogen) atoms. The van der Waals surface area contributed by atoms with Crippen LogP contribution < -0.4 is 10.6 Å². The highest BCUT2D eigenvalue weighted by atomic mass is 16.3. The van der Waals surface area contributed by atoms with Gasteiger partial charge in [-0.15, -0.1) is 0 Å². The van der Waals surface area contributed by atoms with Crippen LogP contribution in [0, 0.1) is 13.8 Å². The van der Waals surface area contributed by atoms with E-state index in [9.17, 15) is 19.8 Å². The highest BCUT2D eigenvalue weighted by Crippen LogP contribution is 2.34. The van der Waals surface area contributed by atoms with E-state index >= 15 is 0 Å². The fraction of sp³-hybridized carbons (Fsp3) is 0.373. The Bertz CT molecular complexity index is 2830. The molecule has 1 aliphatic rings. The van der Waals surface area contributed by atoms with Gasteiger partial charge in [-0.1, -0.05) is 80.1 Å². The zero-order valence-electron chi connectivity index (χ0n) is 39.3. The van der Waals surface area contributed by atoms with Crippen LogP contribution in [-0.2, 0) is 9.59 Å². The van der Waals surface area contributed by atoms with Crippen molar-refractivity contribution < 1.29 is 19.8 Å². The van der Waals surface area contributed by atoms with Crippen molar-refractivity contribution in [2.24, 2.45) is 0 Å². The summed E-state index contributed by atoms with van der Waals surface area (Å²) in [6, 6.07) is 11.6. The van der Waals surface area contributed by atoms with E-state index in [-0.39, 0.29) is 5.91 Å². The molecule has 0 aliphatic heterocycles. The number of aromatic nitrogens is 8. The first kappa shape index (κ1) is 49.4. The standard InChI is InChI=1S/C22H23N5O2.C21H21N5O2.C3H6.C3H8.C2H6/c1-4-5-20(29)18-8-13(2)17(12-24-18)16-9-15-11-25-21(26-14(3)28)10-19(15)27-7-6-23-22(16)27;1-3-4-19(28)17-7-13(2)16(11-23-17)15-8-14-10-24-20(25-12-27)9-18(14)26-6-5-22-21(15)26;1-2-3-1;1-3-2;1-2/h6-12,20,29H,4-5H2,1-3H3,(H,25,26,28);5-12,19,28H,3-4H2,1-2H3,(H,24,25,27);1-3H2;3H2,1-2H3;1-2H3. The lowest BCUT2D eigenvalue weighted by atomic mass is 10.00. The zero-order valence-corrected chi connectivity index (χ0v) is 39.3. The van der Waals surface area contributed by atoms with Crippen LogP contribution >= 0.6 is 0 Å². The number of rotatable bonds is 11. The number of aliphatic hydroxyl groups excluding tert-OH is 2. The molecule has 1 aliphatic carbocycles. The fourth-order valence-corrected chi connectivity index (χ4v) is 7.10. The minimum Gasteiger partial charge on any atom is -0.387 e. The second-order valence-electron chi connectivity index (χ2n) is 15.8. The topological polar surface area (TPSA) is 185 Å². The van der Waals surface area contributed by atoms with Crippen molar-refractivity contribution in [1.82, 2.24) is 38.7 Å². The van der Waals surface area contributed by atoms with Crippen LogP contribution in [0.1, 0.15) is 135 Å². The van der Waals surface area contributed by atoms with Gasteiger partial charge in [0.15, 0.2) is 0 Å². The number of hydrogen-bond donors (Lipinski definition) is 4. The van der Waals surface area contributed by atoms with E-state index in [1.165, 1.54) is 32.6 Å². The van der Waals surface area contributed by atoms with Crippen LogP contribution in [0.3, 0.4) is 0 Å². The van der Waals surface area contributed by atoms with Gasteiger partial charge in [0.05, 0.1) is 34.6 Å². The largest absolute Gasteiger partial charge is 0.387 e. The minimum atomic E-state index is -0.549. The van der Waals surface area contributed by atoms with Gasteiger partial charge in [-0.05, 0) is 62.1 Å². The van der Waals surface area contributed by atoms with Crippen LogP contribution in [0.15, 0.2) is 86.0 Å². The number of hydrogen-bond acceptors (Lipinski definition) is 10. The molecule has 0 radical (unpaired) electrons. The van der Waals surface area contributed by atoms with Crippen molar-refractivity contribution in [3.05, 3.63) is 108 Å². The van der Waals surface area contributed by atoms with Crippen LogP contribution in [0.4, 0.5) is 11.6 Å². The van der Waals surface area contributed by atoms with Crippen molar-refractivity contribution in [2.45, 2.75) is 126 Å². The third-order valence-electron chi connectivity index (χ3n) is 10.2. The van der Waals surface area contributed by atoms with E-state index in [0.717, 1.165) is 79.3 Å². The first-order valence-electron chi connectivity index (χ1n) is 22.8. The molecular weight excluding hydrogens is 817 g/mol. The Hall–Kier alpha value is -6.64. The lowest BCUT2D eigenvalue weighted by Gasteiger charge is -2.14. The molecule has 0 aromatic carbocycles. The molecule has 2 atom stereocenters. The Kier molecular flexibility index (Phi) is 18.1. The summed E-state index contributed by atoms with van der Waals surface area (Å²) in [5.41, 5.74) is 10.6. The molecule has 14 nitrogen and oxygen atoms in total. The molecule has 2 unspecified atom stereocenters. The Balaban J connectivity index is 0.000000210. The molecule has 1 saturated carbocycles. The SMILES string of the molecule is C1CC1.CC.CCC.CCCC(O)c1cc(C)c(-c2cc3cnc(NC(C)=O)cc3n3ccnc23)cn1.CCCC(O)c1cc(C)c(-c2cc3cnc(NC=O)cc3n3ccnc23)cn1. The fourth-order valence-electron chi connectivity index (χ4n) is 7.10.